The van der Waals surface area contributed by atoms with Gasteiger partial charge in [-0.1, -0.05) is 24.3 Å². The maximum Gasteiger partial charge on any atom is 0.323 e. The molecule has 0 spiro atoms. The highest BCUT2D eigenvalue weighted by Crippen LogP contribution is 2.32. The summed E-state index contributed by atoms with van der Waals surface area (Å²) in [6.07, 6.45) is 6.94. The van der Waals surface area contributed by atoms with Crippen LogP contribution in [0.5, 0.6) is 11.5 Å². The van der Waals surface area contributed by atoms with E-state index in [1.54, 1.807) is 61.8 Å². The summed E-state index contributed by atoms with van der Waals surface area (Å²) < 4.78 is 11.8. The van der Waals surface area contributed by atoms with Crippen LogP contribution in [-0.2, 0) is 19.2 Å². The Hall–Kier alpha value is -5.59. The van der Waals surface area contributed by atoms with Gasteiger partial charge in [-0.15, -0.1) is 0 Å². The molecular weight excluding hydrogens is 562 g/mol. The Morgan fingerprint density at radius 2 is 1.09 bits per heavy atom. The summed E-state index contributed by atoms with van der Waals surface area (Å²) in [5, 5.41) is 37.3. The van der Waals surface area contributed by atoms with Gasteiger partial charge in [0.25, 0.3) is 0 Å². The number of rotatable bonds is 17. The highest BCUT2D eigenvalue weighted by Gasteiger charge is 2.20. The van der Waals surface area contributed by atoms with Gasteiger partial charge in [-0.25, -0.2) is 0 Å². The van der Waals surface area contributed by atoms with Crippen molar-refractivity contribution in [3.05, 3.63) is 77.6 Å². The van der Waals surface area contributed by atoms with Gasteiger partial charge in [0.05, 0.1) is 11.4 Å². The molecule has 3 rings (SSSR count). The second-order valence-corrected chi connectivity index (χ2v) is 9.30. The Morgan fingerprint density at radius 3 is 1.58 bits per heavy atom. The number of ether oxygens (including phenoxy) is 2. The molecule has 0 bridgehead atoms. The molecule has 0 aliphatic rings. The molecule has 3 aromatic rings. The second-order valence-electron chi connectivity index (χ2n) is 9.30. The number of carboxylic acids is 4. The molecule has 0 fully saturated rings. The zero-order valence-corrected chi connectivity index (χ0v) is 23.3. The van der Waals surface area contributed by atoms with E-state index in [0.29, 0.717) is 5.56 Å². The van der Waals surface area contributed by atoms with Crippen molar-refractivity contribution in [3.63, 3.8) is 0 Å². The molecule has 0 radical (unpaired) electrons. The van der Waals surface area contributed by atoms with Gasteiger partial charge in [-0.3, -0.25) is 24.2 Å². The molecule has 13 heteroatoms. The number of carbonyl (C=O) groups is 4. The number of carboxylic acid groups (broad SMARTS) is 4. The van der Waals surface area contributed by atoms with Gasteiger partial charge in [-0.05, 0) is 60.0 Å². The van der Waals surface area contributed by atoms with E-state index < -0.39 is 50.1 Å². The van der Waals surface area contributed by atoms with Crippen molar-refractivity contribution < 1.29 is 49.1 Å². The summed E-state index contributed by atoms with van der Waals surface area (Å²) in [4.78, 5) is 52.0. The summed E-state index contributed by atoms with van der Waals surface area (Å²) in [6.45, 7) is -0.615. The van der Waals surface area contributed by atoms with Crippen LogP contribution in [0.2, 0.25) is 0 Å². The Bertz CT molecular complexity index is 1440. The van der Waals surface area contributed by atoms with Crippen molar-refractivity contribution in [1.29, 1.82) is 0 Å². The number of hydrogen-bond donors (Lipinski definition) is 4. The van der Waals surface area contributed by atoms with E-state index in [9.17, 15) is 39.6 Å². The van der Waals surface area contributed by atoms with Gasteiger partial charge in [-0.2, -0.15) is 0 Å². The van der Waals surface area contributed by atoms with Gasteiger partial charge in [0, 0.05) is 12.4 Å². The maximum absolute atomic E-state index is 11.5. The second kappa shape index (κ2) is 15.4. The molecule has 1 heterocycles. The third kappa shape index (κ3) is 10.4. The van der Waals surface area contributed by atoms with Crippen molar-refractivity contribution in [2.75, 3.05) is 49.2 Å². The first kappa shape index (κ1) is 31.9. The van der Waals surface area contributed by atoms with Crippen LogP contribution in [0, 0.1) is 6.92 Å². The van der Waals surface area contributed by atoms with E-state index in [0.717, 1.165) is 20.9 Å². The molecule has 0 unspecified atom stereocenters. The highest BCUT2D eigenvalue weighted by atomic mass is 16.5. The first-order chi connectivity index (χ1) is 20.5. The third-order valence-electron chi connectivity index (χ3n) is 5.86. The third-order valence-corrected chi connectivity index (χ3v) is 5.86. The standard InChI is InChI=1S/C30H31N3O10/c1-20-2-6-23(32(16-27(34)35)17-28(36)37)25(14-20)42-12-13-43-26-15-22(4-3-21-8-10-31-11-9-21)5-7-24(26)33(18-29(38)39)19-30(40)41/h2-11,14-15H,12-13,16-19H2,1H3,(H,34,35)(H,36,37)(H,38,39)(H,40,41)/b4-3+. The molecule has 0 saturated heterocycles. The molecule has 0 atom stereocenters. The summed E-state index contributed by atoms with van der Waals surface area (Å²) >= 11 is 0. The van der Waals surface area contributed by atoms with Crippen molar-refractivity contribution in [3.8, 4) is 11.5 Å². The van der Waals surface area contributed by atoms with E-state index in [4.69, 9.17) is 9.47 Å². The van der Waals surface area contributed by atoms with Crippen LogP contribution in [0.25, 0.3) is 12.2 Å². The SMILES string of the molecule is Cc1ccc(N(CC(=O)O)CC(=O)O)c(OCCOc2cc(/C=C/c3ccncc3)ccc2N(CC(=O)O)CC(=O)O)c1. The zero-order valence-electron chi connectivity index (χ0n) is 23.3. The minimum Gasteiger partial charge on any atom is -0.488 e. The van der Waals surface area contributed by atoms with Crippen LogP contribution in [0.1, 0.15) is 16.7 Å². The predicted molar refractivity (Wildman–Crippen MR) is 157 cm³/mol. The molecule has 226 valence electrons. The Balaban J connectivity index is 1.85. The van der Waals surface area contributed by atoms with Crippen LogP contribution < -0.4 is 19.3 Å². The molecule has 13 nitrogen and oxygen atoms in total. The van der Waals surface area contributed by atoms with Crippen molar-refractivity contribution in [2.24, 2.45) is 0 Å². The lowest BCUT2D eigenvalue weighted by Gasteiger charge is -2.25. The number of aryl methyl sites for hydroxylation is 1. The lowest BCUT2D eigenvalue weighted by molar-refractivity contribution is -0.138. The Morgan fingerprint density at radius 1 is 0.651 bits per heavy atom. The molecule has 1 aromatic heterocycles. The fourth-order valence-corrected chi connectivity index (χ4v) is 4.09. The fourth-order valence-electron chi connectivity index (χ4n) is 4.09. The number of aromatic nitrogens is 1. The van der Waals surface area contributed by atoms with E-state index in [1.165, 1.54) is 0 Å². The highest BCUT2D eigenvalue weighted by molar-refractivity contribution is 5.82. The molecule has 43 heavy (non-hydrogen) atoms. The number of nitrogens with zero attached hydrogens (tertiary/aromatic N) is 3. The average molecular weight is 594 g/mol. The summed E-state index contributed by atoms with van der Waals surface area (Å²) in [5.41, 5.74) is 2.90. The molecule has 0 aliphatic carbocycles. The van der Waals surface area contributed by atoms with E-state index in [-0.39, 0.29) is 36.1 Å². The van der Waals surface area contributed by atoms with E-state index >= 15 is 0 Å². The number of benzene rings is 2. The average Bonchev–Trinajstić information content (AvgIpc) is 2.93. The number of anilines is 2. The number of hydrogen-bond acceptors (Lipinski definition) is 9. The molecule has 0 saturated carbocycles. The zero-order chi connectivity index (χ0) is 31.4. The molecule has 0 amide bonds. The lowest BCUT2D eigenvalue weighted by Crippen LogP contribution is -2.35. The monoisotopic (exact) mass is 593 g/mol. The fraction of sp³-hybridized carbons (Fsp3) is 0.233. The van der Waals surface area contributed by atoms with Crippen molar-refractivity contribution >= 4 is 47.4 Å². The molecular formula is C30H31N3O10. The first-order valence-electron chi connectivity index (χ1n) is 13.0. The minimum absolute atomic E-state index is 0.0567. The van der Waals surface area contributed by atoms with Crippen LogP contribution >= 0.6 is 0 Å². The van der Waals surface area contributed by atoms with E-state index in [2.05, 4.69) is 4.98 Å². The quantitative estimate of drug-likeness (QED) is 0.167. The lowest BCUT2D eigenvalue weighted by atomic mass is 10.1. The summed E-state index contributed by atoms with van der Waals surface area (Å²) in [6, 6.07) is 13.5. The normalized spacial score (nSPS) is 10.7. The largest absolute Gasteiger partial charge is 0.488 e. The summed E-state index contributed by atoms with van der Waals surface area (Å²) in [7, 11) is 0. The number of aliphatic carboxylic acids is 4. The maximum atomic E-state index is 11.5. The van der Waals surface area contributed by atoms with Gasteiger partial charge >= 0.3 is 23.9 Å². The van der Waals surface area contributed by atoms with Gasteiger partial charge in [0.2, 0.25) is 0 Å². The molecule has 2 aromatic carbocycles. The Labute approximate surface area is 246 Å². The van der Waals surface area contributed by atoms with Crippen LogP contribution in [0.4, 0.5) is 11.4 Å². The summed E-state index contributed by atoms with van der Waals surface area (Å²) in [5.74, 6) is -4.42. The molecule has 4 N–H and O–H groups in total. The van der Waals surface area contributed by atoms with E-state index in [1.807, 2.05) is 18.2 Å². The minimum atomic E-state index is -1.23. The van der Waals surface area contributed by atoms with Crippen molar-refractivity contribution in [1.82, 2.24) is 4.98 Å². The van der Waals surface area contributed by atoms with Gasteiger partial charge in [0.1, 0.15) is 50.9 Å². The Kier molecular flexibility index (Phi) is 11.5. The topological polar surface area (TPSA) is 187 Å². The number of pyridine rings is 1. The van der Waals surface area contributed by atoms with Crippen LogP contribution in [0.3, 0.4) is 0 Å². The van der Waals surface area contributed by atoms with Gasteiger partial charge < -0.3 is 39.7 Å². The first-order valence-corrected chi connectivity index (χ1v) is 13.0. The molecule has 0 aliphatic heterocycles. The van der Waals surface area contributed by atoms with Crippen LogP contribution in [-0.4, -0.2) is 88.7 Å². The van der Waals surface area contributed by atoms with Crippen molar-refractivity contribution in [2.45, 2.75) is 6.92 Å². The smallest absolute Gasteiger partial charge is 0.323 e. The van der Waals surface area contributed by atoms with Gasteiger partial charge in [0.15, 0.2) is 0 Å². The predicted octanol–water partition coefficient (Wildman–Crippen LogP) is 2.97. The van der Waals surface area contributed by atoms with Crippen LogP contribution in [0.15, 0.2) is 60.9 Å².